The number of hydrogen-bond acceptors (Lipinski definition) is 3. The Bertz CT molecular complexity index is 1120. The van der Waals surface area contributed by atoms with E-state index < -0.39 is 27.8 Å². The number of aryl methyl sites for hydroxylation is 1. The zero-order valence-electron chi connectivity index (χ0n) is 17.9. The van der Waals surface area contributed by atoms with Crippen LogP contribution < -0.4 is 10.0 Å². The number of sulfonamides is 1. The average Bonchev–Trinajstić information content (AvgIpc) is 2.79. The van der Waals surface area contributed by atoms with Crippen molar-refractivity contribution in [1.29, 1.82) is 0 Å². The molecule has 0 radical (unpaired) electrons. The average molecular weight is 455 g/mol. The zero-order chi connectivity index (χ0) is 23.0. The second kappa shape index (κ2) is 11.0. The lowest BCUT2D eigenvalue weighted by Crippen LogP contribution is -2.45. The van der Waals surface area contributed by atoms with Crippen LogP contribution in [0.4, 0.5) is 10.1 Å². The molecule has 0 aliphatic carbocycles. The number of carbonyl (C=O) groups excluding carboxylic acids is 1. The SMILES string of the molecule is CCCCc1ccc(NC(=O)[C@@H](Cc2ccccc2)NS(=O)(=O)c2ccc(F)cc2)cc1. The molecular formula is C25H27FN2O3S. The normalized spacial score (nSPS) is 12.3. The minimum absolute atomic E-state index is 0.106. The summed E-state index contributed by atoms with van der Waals surface area (Å²) < 4.78 is 41.4. The van der Waals surface area contributed by atoms with E-state index in [-0.39, 0.29) is 11.3 Å². The number of carbonyl (C=O) groups is 1. The van der Waals surface area contributed by atoms with Gasteiger partial charge in [0, 0.05) is 5.69 Å². The van der Waals surface area contributed by atoms with Crippen molar-refractivity contribution in [3.8, 4) is 0 Å². The van der Waals surface area contributed by atoms with Crippen molar-refractivity contribution in [2.45, 2.75) is 43.5 Å². The predicted octanol–water partition coefficient (Wildman–Crippen LogP) is 4.70. The first kappa shape index (κ1) is 23.6. The molecule has 0 aromatic heterocycles. The fourth-order valence-electron chi connectivity index (χ4n) is 3.27. The Labute approximate surface area is 188 Å². The molecule has 0 aliphatic heterocycles. The highest BCUT2D eigenvalue weighted by Gasteiger charge is 2.26. The number of rotatable bonds is 10. The molecule has 0 saturated heterocycles. The molecule has 32 heavy (non-hydrogen) atoms. The summed E-state index contributed by atoms with van der Waals surface area (Å²) in [6.45, 7) is 2.13. The maximum absolute atomic E-state index is 13.2. The van der Waals surface area contributed by atoms with Gasteiger partial charge < -0.3 is 5.32 Å². The first-order valence-corrected chi connectivity index (χ1v) is 12.1. The van der Waals surface area contributed by atoms with Gasteiger partial charge in [-0.25, -0.2) is 12.8 Å². The van der Waals surface area contributed by atoms with Crippen LogP contribution in [0.1, 0.15) is 30.9 Å². The van der Waals surface area contributed by atoms with Crippen LogP contribution in [0, 0.1) is 5.82 Å². The number of unbranched alkanes of at least 4 members (excludes halogenated alkanes) is 1. The predicted molar refractivity (Wildman–Crippen MR) is 124 cm³/mol. The van der Waals surface area contributed by atoms with Crippen LogP contribution in [0.15, 0.2) is 83.8 Å². The molecule has 0 heterocycles. The molecule has 2 N–H and O–H groups in total. The lowest BCUT2D eigenvalue weighted by atomic mass is 10.1. The third-order valence-corrected chi connectivity index (χ3v) is 6.55. The van der Waals surface area contributed by atoms with Crippen molar-refractivity contribution in [3.05, 3.63) is 95.8 Å². The molecule has 1 amide bonds. The highest BCUT2D eigenvalue weighted by molar-refractivity contribution is 7.89. The fourth-order valence-corrected chi connectivity index (χ4v) is 4.47. The van der Waals surface area contributed by atoms with E-state index in [1.54, 1.807) is 0 Å². The van der Waals surface area contributed by atoms with Crippen molar-refractivity contribution < 1.29 is 17.6 Å². The molecule has 0 bridgehead atoms. The van der Waals surface area contributed by atoms with Crippen LogP contribution in [-0.4, -0.2) is 20.4 Å². The molecule has 1 atom stereocenters. The smallest absolute Gasteiger partial charge is 0.242 e. The molecule has 0 aliphatic rings. The molecule has 0 saturated carbocycles. The summed E-state index contributed by atoms with van der Waals surface area (Å²) >= 11 is 0. The monoisotopic (exact) mass is 454 g/mol. The first-order valence-electron chi connectivity index (χ1n) is 10.6. The molecule has 3 aromatic carbocycles. The Morgan fingerprint density at radius 1 is 0.906 bits per heavy atom. The molecular weight excluding hydrogens is 427 g/mol. The Hall–Kier alpha value is -3.03. The number of amides is 1. The fraction of sp³-hybridized carbons (Fsp3) is 0.240. The Morgan fingerprint density at radius 3 is 2.19 bits per heavy atom. The van der Waals surface area contributed by atoms with Gasteiger partial charge in [-0.3, -0.25) is 4.79 Å². The first-order chi connectivity index (χ1) is 15.4. The van der Waals surface area contributed by atoms with Gasteiger partial charge in [0.1, 0.15) is 11.9 Å². The van der Waals surface area contributed by atoms with Crippen LogP contribution in [0.2, 0.25) is 0 Å². The van der Waals surface area contributed by atoms with Gasteiger partial charge in [-0.1, -0.05) is 55.8 Å². The summed E-state index contributed by atoms with van der Waals surface area (Å²) in [6, 6.07) is 20.1. The summed E-state index contributed by atoms with van der Waals surface area (Å²) in [7, 11) is -4.03. The van der Waals surface area contributed by atoms with Gasteiger partial charge in [0.25, 0.3) is 0 Å². The van der Waals surface area contributed by atoms with E-state index in [9.17, 15) is 17.6 Å². The van der Waals surface area contributed by atoms with Gasteiger partial charge in [0.15, 0.2) is 0 Å². The number of benzene rings is 3. The van der Waals surface area contributed by atoms with Gasteiger partial charge >= 0.3 is 0 Å². The topological polar surface area (TPSA) is 75.3 Å². The van der Waals surface area contributed by atoms with E-state index >= 15 is 0 Å². The van der Waals surface area contributed by atoms with Crippen LogP contribution in [0.3, 0.4) is 0 Å². The maximum Gasteiger partial charge on any atom is 0.242 e. The van der Waals surface area contributed by atoms with Gasteiger partial charge in [-0.2, -0.15) is 4.72 Å². The van der Waals surface area contributed by atoms with E-state index in [4.69, 9.17) is 0 Å². The van der Waals surface area contributed by atoms with Crippen molar-refractivity contribution >= 4 is 21.6 Å². The Morgan fingerprint density at radius 2 is 1.56 bits per heavy atom. The second-order valence-electron chi connectivity index (χ2n) is 7.61. The Balaban J connectivity index is 1.78. The molecule has 3 rings (SSSR count). The van der Waals surface area contributed by atoms with E-state index in [0.717, 1.165) is 37.0 Å². The molecule has 0 fully saturated rings. The van der Waals surface area contributed by atoms with Crippen LogP contribution >= 0.6 is 0 Å². The van der Waals surface area contributed by atoms with E-state index in [1.807, 2.05) is 54.6 Å². The highest BCUT2D eigenvalue weighted by atomic mass is 32.2. The quantitative estimate of drug-likeness (QED) is 0.466. The van der Waals surface area contributed by atoms with Crippen molar-refractivity contribution in [3.63, 3.8) is 0 Å². The van der Waals surface area contributed by atoms with Gasteiger partial charge in [0.05, 0.1) is 4.90 Å². The minimum Gasteiger partial charge on any atom is -0.325 e. The number of anilines is 1. The summed E-state index contributed by atoms with van der Waals surface area (Å²) in [5, 5.41) is 2.80. The largest absolute Gasteiger partial charge is 0.325 e. The summed E-state index contributed by atoms with van der Waals surface area (Å²) in [5.74, 6) is -1.01. The van der Waals surface area contributed by atoms with E-state index in [1.165, 1.54) is 17.7 Å². The molecule has 0 spiro atoms. The second-order valence-corrected chi connectivity index (χ2v) is 9.32. The minimum atomic E-state index is -4.03. The van der Waals surface area contributed by atoms with Gasteiger partial charge in [0.2, 0.25) is 15.9 Å². The number of nitrogens with one attached hydrogen (secondary N) is 2. The van der Waals surface area contributed by atoms with Gasteiger partial charge in [-0.05, 0) is 66.8 Å². The zero-order valence-corrected chi connectivity index (χ0v) is 18.7. The third-order valence-electron chi connectivity index (χ3n) is 5.06. The lowest BCUT2D eigenvalue weighted by Gasteiger charge is -2.19. The summed E-state index contributed by atoms with van der Waals surface area (Å²) in [4.78, 5) is 12.9. The van der Waals surface area contributed by atoms with Crippen molar-refractivity contribution in [2.75, 3.05) is 5.32 Å². The number of halogens is 1. The molecule has 168 valence electrons. The summed E-state index contributed by atoms with van der Waals surface area (Å²) in [6.07, 6.45) is 3.34. The van der Waals surface area contributed by atoms with Crippen LogP contribution in [0.5, 0.6) is 0 Å². The van der Waals surface area contributed by atoms with Crippen LogP contribution in [-0.2, 0) is 27.7 Å². The standard InChI is InChI=1S/C25H27FN2O3S/c1-2-3-7-19-10-14-22(15-11-19)27-25(29)24(18-20-8-5-4-6-9-20)28-32(30,31)23-16-12-21(26)13-17-23/h4-6,8-17,24,28H,2-3,7,18H2,1H3,(H,27,29)/t24-/m1/s1. The molecule has 3 aromatic rings. The molecule has 5 nitrogen and oxygen atoms in total. The van der Waals surface area contributed by atoms with Crippen molar-refractivity contribution in [2.24, 2.45) is 0 Å². The van der Waals surface area contributed by atoms with Crippen LogP contribution in [0.25, 0.3) is 0 Å². The number of hydrogen-bond donors (Lipinski definition) is 2. The molecule has 0 unspecified atom stereocenters. The maximum atomic E-state index is 13.2. The van der Waals surface area contributed by atoms with Gasteiger partial charge in [-0.15, -0.1) is 0 Å². The molecule has 7 heteroatoms. The van der Waals surface area contributed by atoms with E-state index in [2.05, 4.69) is 17.0 Å². The highest BCUT2D eigenvalue weighted by Crippen LogP contribution is 2.15. The van der Waals surface area contributed by atoms with E-state index in [0.29, 0.717) is 5.69 Å². The lowest BCUT2D eigenvalue weighted by molar-refractivity contribution is -0.117. The summed E-state index contributed by atoms with van der Waals surface area (Å²) in [5.41, 5.74) is 2.58. The third kappa shape index (κ3) is 6.73. The van der Waals surface area contributed by atoms with Crippen molar-refractivity contribution in [1.82, 2.24) is 4.72 Å². The Kier molecular flexibility index (Phi) is 8.14.